The van der Waals surface area contributed by atoms with Crippen LogP contribution in [0.2, 0.25) is 0 Å². The molecule has 1 aromatic rings. The van der Waals surface area contributed by atoms with Crippen molar-refractivity contribution in [3.05, 3.63) is 29.8 Å². The van der Waals surface area contributed by atoms with E-state index in [4.69, 9.17) is 4.74 Å². The van der Waals surface area contributed by atoms with Gasteiger partial charge in [-0.2, -0.15) is 13.2 Å². The van der Waals surface area contributed by atoms with Crippen LogP contribution in [0.4, 0.5) is 13.2 Å². The maximum absolute atomic E-state index is 12.7. The number of methoxy groups -OCH3 is 1. The van der Waals surface area contributed by atoms with E-state index in [9.17, 15) is 13.2 Å². The third-order valence-electron chi connectivity index (χ3n) is 2.18. The summed E-state index contributed by atoms with van der Waals surface area (Å²) in [4.78, 5) is 0. The average molecular weight is 216 g/mol. The molecule has 1 aromatic carbocycles. The monoisotopic (exact) mass is 216 g/mol. The lowest BCUT2D eigenvalue weighted by atomic mass is 10.0. The van der Waals surface area contributed by atoms with Gasteiger partial charge in [0.1, 0.15) is 5.75 Å². The standard InChI is InChI=1S/C9H7F3N2O/c1-15-7-5-3-2-4-6(7)8(13-14-8)9(10,11)12/h2-5H,1H3. The lowest BCUT2D eigenvalue weighted by Crippen LogP contribution is -2.30. The second-order valence-electron chi connectivity index (χ2n) is 3.07. The lowest BCUT2D eigenvalue weighted by Gasteiger charge is -2.17. The maximum Gasteiger partial charge on any atom is 0.442 e. The topological polar surface area (TPSA) is 34.0 Å². The first-order valence-electron chi connectivity index (χ1n) is 4.15. The second-order valence-corrected chi connectivity index (χ2v) is 3.07. The van der Waals surface area contributed by atoms with Crippen LogP contribution < -0.4 is 4.74 Å². The molecule has 0 saturated heterocycles. The molecule has 0 bridgehead atoms. The highest BCUT2D eigenvalue weighted by atomic mass is 19.4. The van der Waals surface area contributed by atoms with Crippen molar-refractivity contribution >= 4 is 0 Å². The summed E-state index contributed by atoms with van der Waals surface area (Å²) in [6, 6.07) is 5.85. The summed E-state index contributed by atoms with van der Waals surface area (Å²) in [5, 5.41) is 6.21. The number of ether oxygens (including phenoxy) is 1. The summed E-state index contributed by atoms with van der Waals surface area (Å²) >= 11 is 0. The van der Waals surface area contributed by atoms with Gasteiger partial charge in [0, 0.05) is 0 Å². The van der Waals surface area contributed by atoms with Gasteiger partial charge in [-0.1, -0.05) is 18.2 Å². The molecular formula is C9H7F3N2O. The fraction of sp³-hybridized carbons (Fsp3) is 0.333. The van der Waals surface area contributed by atoms with E-state index < -0.39 is 11.8 Å². The predicted octanol–water partition coefficient (Wildman–Crippen LogP) is 2.88. The van der Waals surface area contributed by atoms with Crippen molar-refractivity contribution in [3.63, 3.8) is 0 Å². The summed E-state index contributed by atoms with van der Waals surface area (Å²) in [5.41, 5.74) is -2.47. The highest BCUT2D eigenvalue weighted by Gasteiger charge is 2.66. The molecule has 6 heteroatoms. The van der Waals surface area contributed by atoms with Gasteiger partial charge in [0.2, 0.25) is 0 Å². The summed E-state index contributed by atoms with van der Waals surface area (Å²) < 4.78 is 42.8. The van der Waals surface area contributed by atoms with Crippen LogP contribution in [-0.2, 0) is 5.66 Å². The van der Waals surface area contributed by atoms with Gasteiger partial charge in [-0.25, -0.2) is 0 Å². The first kappa shape index (κ1) is 9.95. The minimum Gasteiger partial charge on any atom is -0.496 e. The van der Waals surface area contributed by atoms with Crippen molar-refractivity contribution in [2.75, 3.05) is 7.11 Å². The SMILES string of the molecule is COc1ccccc1C1(C(F)(F)F)N=N1. The smallest absolute Gasteiger partial charge is 0.442 e. The fourth-order valence-electron chi connectivity index (χ4n) is 1.36. The largest absolute Gasteiger partial charge is 0.496 e. The van der Waals surface area contributed by atoms with Crippen molar-refractivity contribution in [2.24, 2.45) is 10.2 Å². The van der Waals surface area contributed by atoms with Gasteiger partial charge in [-0.3, -0.25) is 0 Å². The Morgan fingerprint density at radius 1 is 1.20 bits per heavy atom. The number of hydrogen-bond donors (Lipinski definition) is 0. The number of alkyl halides is 3. The Hall–Kier alpha value is -1.59. The van der Waals surface area contributed by atoms with Gasteiger partial charge in [0.05, 0.1) is 12.7 Å². The molecule has 0 amide bonds. The Balaban J connectivity index is 2.46. The van der Waals surface area contributed by atoms with E-state index in [-0.39, 0.29) is 11.3 Å². The molecule has 0 radical (unpaired) electrons. The zero-order chi connectivity index (χ0) is 11.1. The highest BCUT2D eigenvalue weighted by Crippen LogP contribution is 2.54. The van der Waals surface area contributed by atoms with Gasteiger partial charge in [0.25, 0.3) is 0 Å². The van der Waals surface area contributed by atoms with Gasteiger partial charge in [-0.15, -0.1) is 10.2 Å². The lowest BCUT2D eigenvalue weighted by molar-refractivity contribution is -0.166. The van der Waals surface area contributed by atoms with Crippen molar-refractivity contribution in [1.29, 1.82) is 0 Å². The van der Waals surface area contributed by atoms with E-state index in [1.165, 1.54) is 25.3 Å². The molecule has 0 atom stereocenters. The van der Waals surface area contributed by atoms with Crippen molar-refractivity contribution in [2.45, 2.75) is 11.8 Å². The Bertz CT molecular complexity index is 408. The second kappa shape index (κ2) is 2.95. The normalized spacial score (nSPS) is 17.6. The number of benzene rings is 1. The Labute approximate surface area is 83.6 Å². The molecule has 0 saturated carbocycles. The van der Waals surface area contributed by atoms with E-state index >= 15 is 0 Å². The molecule has 80 valence electrons. The molecule has 0 fully saturated rings. The molecule has 15 heavy (non-hydrogen) atoms. The third-order valence-corrected chi connectivity index (χ3v) is 2.18. The first-order chi connectivity index (χ1) is 7.01. The Morgan fingerprint density at radius 3 is 2.27 bits per heavy atom. The summed E-state index contributed by atoms with van der Waals surface area (Å²) in [6.07, 6.45) is -4.51. The molecular weight excluding hydrogens is 209 g/mol. The van der Waals surface area contributed by atoms with E-state index in [0.29, 0.717) is 0 Å². The van der Waals surface area contributed by atoms with Crippen LogP contribution in [0.3, 0.4) is 0 Å². The zero-order valence-electron chi connectivity index (χ0n) is 7.75. The molecule has 1 aliphatic heterocycles. The molecule has 0 aliphatic carbocycles. The highest BCUT2D eigenvalue weighted by molar-refractivity contribution is 5.42. The minimum absolute atomic E-state index is 0.0694. The van der Waals surface area contributed by atoms with E-state index in [1.807, 2.05) is 0 Å². The molecule has 0 unspecified atom stereocenters. The summed E-state index contributed by atoms with van der Waals surface area (Å²) in [7, 11) is 1.31. The molecule has 1 aliphatic rings. The van der Waals surface area contributed by atoms with Crippen molar-refractivity contribution < 1.29 is 17.9 Å². The van der Waals surface area contributed by atoms with Crippen LogP contribution in [0.25, 0.3) is 0 Å². The number of hydrogen-bond acceptors (Lipinski definition) is 3. The van der Waals surface area contributed by atoms with E-state index in [0.717, 1.165) is 0 Å². The Morgan fingerprint density at radius 2 is 1.80 bits per heavy atom. The molecule has 0 N–H and O–H groups in total. The molecule has 1 heterocycles. The van der Waals surface area contributed by atoms with Crippen molar-refractivity contribution in [1.82, 2.24) is 0 Å². The summed E-state index contributed by atoms with van der Waals surface area (Å²) in [6.45, 7) is 0. The van der Waals surface area contributed by atoms with Crippen LogP contribution in [0, 0.1) is 0 Å². The van der Waals surface area contributed by atoms with Crippen molar-refractivity contribution in [3.8, 4) is 5.75 Å². The molecule has 0 spiro atoms. The molecule has 3 nitrogen and oxygen atoms in total. The zero-order valence-corrected chi connectivity index (χ0v) is 7.75. The fourth-order valence-corrected chi connectivity index (χ4v) is 1.36. The van der Waals surface area contributed by atoms with Crippen LogP contribution >= 0.6 is 0 Å². The molecule has 2 rings (SSSR count). The van der Waals surface area contributed by atoms with Crippen LogP contribution in [-0.4, -0.2) is 13.3 Å². The maximum atomic E-state index is 12.7. The van der Waals surface area contributed by atoms with Gasteiger partial charge < -0.3 is 4.74 Å². The van der Waals surface area contributed by atoms with Gasteiger partial charge in [-0.05, 0) is 6.07 Å². The minimum atomic E-state index is -4.51. The third kappa shape index (κ3) is 1.36. The quantitative estimate of drug-likeness (QED) is 0.748. The number of nitrogens with zero attached hydrogens (tertiary/aromatic N) is 2. The first-order valence-corrected chi connectivity index (χ1v) is 4.15. The Kier molecular flexibility index (Phi) is 1.95. The number of rotatable bonds is 2. The predicted molar refractivity (Wildman–Crippen MR) is 45.6 cm³/mol. The molecule has 0 aromatic heterocycles. The van der Waals surface area contributed by atoms with E-state index in [2.05, 4.69) is 10.2 Å². The van der Waals surface area contributed by atoms with Gasteiger partial charge >= 0.3 is 11.8 Å². The van der Waals surface area contributed by atoms with Gasteiger partial charge in [0.15, 0.2) is 0 Å². The van der Waals surface area contributed by atoms with E-state index in [1.54, 1.807) is 6.07 Å². The van der Waals surface area contributed by atoms with Crippen LogP contribution in [0.5, 0.6) is 5.75 Å². The number of halogens is 3. The average Bonchev–Trinajstić information content (AvgIpc) is 2.97. The van der Waals surface area contributed by atoms with Crippen LogP contribution in [0.15, 0.2) is 34.5 Å². The number of para-hydroxylation sites is 1. The van der Waals surface area contributed by atoms with Crippen LogP contribution in [0.1, 0.15) is 5.56 Å². The summed E-state index contributed by atoms with van der Waals surface area (Å²) in [5.74, 6) is 0.139.